The van der Waals surface area contributed by atoms with Crippen LogP contribution in [0.2, 0.25) is 0 Å². The van der Waals surface area contributed by atoms with Gasteiger partial charge in [-0.2, -0.15) is 10.2 Å². The predicted octanol–water partition coefficient (Wildman–Crippen LogP) is 4.00. The van der Waals surface area contributed by atoms with Gasteiger partial charge < -0.3 is 0 Å². The monoisotopic (exact) mass is 318 g/mol. The second-order valence-corrected chi connectivity index (χ2v) is 5.37. The molecule has 1 N–H and O–H groups in total. The lowest BCUT2D eigenvalue weighted by Crippen LogP contribution is -2.05. The molecule has 0 bridgehead atoms. The first-order chi connectivity index (χ1) is 9.86. The number of rotatable bonds is 2. The molecule has 0 unspecified atom stereocenters. The van der Waals surface area contributed by atoms with Crippen molar-refractivity contribution in [3.63, 3.8) is 0 Å². The molecule has 2 heterocycles. The van der Waals surface area contributed by atoms with E-state index in [-0.39, 0.29) is 7.43 Å². The van der Waals surface area contributed by atoms with E-state index in [2.05, 4.69) is 27.4 Å². The molecule has 110 valence electrons. The number of thioether (sulfide) groups is 1. The molecule has 3 rings (SSSR count). The highest BCUT2D eigenvalue weighted by molar-refractivity contribution is 8.22. The Labute approximate surface area is 134 Å². The third-order valence-corrected chi connectivity index (χ3v) is 3.75. The van der Waals surface area contributed by atoms with Gasteiger partial charge in [-0.05, 0) is 17.7 Å². The van der Waals surface area contributed by atoms with Gasteiger partial charge in [0.25, 0.3) is 0 Å². The summed E-state index contributed by atoms with van der Waals surface area (Å²) in [5.41, 5.74) is 1.28. The lowest BCUT2D eigenvalue weighted by Gasteiger charge is -2.03. The lowest BCUT2D eigenvalue weighted by molar-refractivity contribution is 0.964. The van der Waals surface area contributed by atoms with Gasteiger partial charge in [0.05, 0.1) is 0 Å². The highest BCUT2D eigenvalue weighted by atomic mass is 32.2. The van der Waals surface area contributed by atoms with Gasteiger partial charge in [0.2, 0.25) is 0 Å². The molecule has 0 saturated heterocycles. The lowest BCUT2D eigenvalue weighted by atomic mass is 10.2. The number of aromatic nitrogens is 4. The Hall–Kier alpha value is -1.92. The van der Waals surface area contributed by atoms with Crippen molar-refractivity contribution in [3.8, 4) is 0 Å². The van der Waals surface area contributed by atoms with Gasteiger partial charge in [0.1, 0.15) is 0 Å². The maximum absolute atomic E-state index is 5.24. The minimum atomic E-state index is 0. The molecule has 4 nitrogen and oxygen atoms in total. The van der Waals surface area contributed by atoms with E-state index >= 15 is 0 Å². The second kappa shape index (κ2) is 9.90. The molecular formula is C15H18N4S2. The van der Waals surface area contributed by atoms with E-state index in [4.69, 9.17) is 12.2 Å². The number of nitrogens with one attached hydrogen (secondary N) is 1. The first-order valence-electron chi connectivity index (χ1n) is 6.00. The molecule has 1 aromatic carbocycles. The molecule has 0 aliphatic heterocycles. The molecule has 0 fully saturated rings. The van der Waals surface area contributed by atoms with Crippen LogP contribution in [0, 0.1) is 0 Å². The Bertz CT molecular complexity index is 575. The summed E-state index contributed by atoms with van der Waals surface area (Å²) in [7, 11) is 0. The minimum absolute atomic E-state index is 0. The maximum Gasteiger partial charge on any atom is 0.161 e. The summed E-state index contributed by atoms with van der Waals surface area (Å²) < 4.78 is 2.49. The van der Waals surface area contributed by atoms with Crippen molar-refractivity contribution >= 4 is 28.3 Å². The summed E-state index contributed by atoms with van der Waals surface area (Å²) in [5.74, 6) is 0.888. The molecular weight excluding hydrogens is 300 g/mol. The van der Waals surface area contributed by atoms with E-state index < -0.39 is 0 Å². The second-order valence-electron chi connectivity index (χ2n) is 3.76. The highest BCUT2D eigenvalue weighted by Crippen LogP contribution is 2.14. The number of H-pyrrole nitrogens is 1. The average Bonchev–Trinajstić information content (AvgIpc) is 3.20. The van der Waals surface area contributed by atoms with Crippen molar-refractivity contribution < 1.29 is 0 Å². The van der Waals surface area contributed by atoms with E-state index in [1.54, 1.807) is 35.0 Å². The zero-order valence-electron chi connectivity index (χ0n) is 10.7. The van der Waals surface area contributed by atoms with Crippen LogP contribution in [0.3, 0.4) is 0 Å². The van der Waals surface area contributed by atoms with Gasteiger partial charge in [-0.25, -0.2) is 4.68 Å². The van der Waals surface area contributed by atoms with Gasteiger partial charge in [0, 0.05) is 30.5 Å². The van der Waals surface area contributed by atoms with Crippen LogP contribution in [-0.2, 0) is 5.75 Å². The van der Waals surface area contributed by atoms with Gasteiger partial charge in [-0.1, -0.05) is 61.7 Å². The summed E-state index contributed by atoms with van der Waals surface area (Å²) >= 11 is 6.86. The fraction of sp³-hybridized carbons (Fsp3) is 0.133. The quantitative estimate of drug-likeness (QED) is 0.726. The van der Waals surface area contributed by atoms with Crippen LogP contribution in [0.5, 0.6) is 0 Å². The van der Waals surface area contributed by atoms with Crippen molar-refractivity contribution in [2.75, 3.05) is 0 Å². The number of hydrogen-bond acceptors (Lipinski definition) is 4. The molecule has 0 spiro atoms. The highest BCUT2D eigenvalue weighted by Gasteiger charge is 2.00. The molecule has 3 aromatic rings. The number of thiocarbonyl (C=S) groups is 1. The Morgan fingerprint density at radius 1 is 1.14 bits per heavy atom. The minimum Gasteiger partial charge on any atom is -0.286 e. The van der Waals surface area contributed by atoms with Gasteiger partial charge in [-0.3, -0.25) is 5.10 Å². The summed E-state index contributed by atoms with van der Waals surface area (Å²) in [6, 6.07) is 14.0. The van der Waals surface area contributed by atoms with E-state index in [1.807, 2.05) is 36.5 Å². The third-order valence-electron chi connectivity index (χ3n) is 2.30. The van der Waals surface area contributed by atoms with Gasteiger partial charge in [0.15, 0.2) is 4.32 Å². The van der Waals surface area contributed by atoms with Crippen molar-refractivity contribution in [2.45, 2.75) is 13.2 Å². The molecule has 0 atom stereocenters. The summed E-state index contributed by atoms with van der Waals surface area (Å²) in [4.78, 5) is 0. The number of benzene rings is 1. The normalized spacial score (nSPS) is 9.14. The molecule has 6 heteroatoms. The number of aromatic amines is 1. The van der Waals surface area contributed by atoms with Crippen LogP contribution in [0.25, 0.3) is 0 Å². The van der Waals surface area contributed by atoms with Crippen LogP contribution in [-0.4, -0.2) is 24.3 Å². The van der Waals surface area contributed by atoms with E-state index in [0.29, 0.717) is 0 Å². The summed E-state index contributed by atoms with van der Waals surface area (Å²) in [6.45, 7) is 0. The zero-order valence-corrected chi connectivity index (χ0v) is 12.3. The molecule has 0 aliphatic carbocycles. The first kappa shape index (κ1) is 17.1. The Morgan fingerprint density at radius 3 is 2.48 bits per heavy atom. The topological polar surface area (TPSA) is 46.5 Å². The van der Waals surface area contributed by atoms with Crippen molar-refractivity contribution in [1.29, 1.82) is 0 Å². The predicted molar refractivity (Wildman–Crippen MR) is 93.3 cm³/mol. The standard InChI is InChI=1S/C11H10N2S2.C3H4N2.CH4/c14-11(13-8-4-7-12-13)15-9-10-5-2-1-3-6-10;1-2-4-5-3-1;/h1-8H,9H2;1-3H,(H,4,5);1H4. The van der Waals surface area contributed by atoms with Crippen LogP contribution in [0.15, 0.2) is 67.3 Å². The molecule has 2 aromatic heterocycles. The van der Waals surface area contributed by atoms with Crippen LogP contribution >= 0.6 is 24.0 Å². The molecule has 0 saturated carbocycles. The van der Waals surface area contributed by atoms with E-state index in [1.165, 1.54) is 5.56 Å². The fourth-order valence-corrected chi connectivity index (χ4v) is 2.39. The Balaban J connectivity index is 0.000000313. The summed E-state index contributed by atoms with van der Waals surface area (Å²) in [5, 5.41) is 10.3. The smallest absolute Gasteiger partial charge is 0.161 e. The van der Waals surface area contributed by atoms with Crippen molar-refractivity contribution in [3.05, 3.63) is 72.8 Å². The molecule has 0 amide bonds. The van der Waals surface area contributed by atoms with E-state index in [0.717, 1.165) is 10.1 Å². The Kier molecular flexibility index (Phi) is 8.08. The van der Waals surface area contributed by atoms with E-state index in [9.17, 15) is 0 Å². The third kappa shape index (κ3) is 6.37. The van der Waals surface area contributed by atoms with Crippen LogP contribution < -0.4 is 0 Å². The maximum atomic E-state index is 5.24. The molecule has 0 radical (unpaired) electrons. The SMILES string of the molecule is C.S=C(SCc1ccccc1)n1cccn1.c1cn[nH]c1. The van der Waals surface area contributed by atoms with Crippen molar-refractivity contribution in [2.24, 2.45) is 0 Å². The molecule has 0 aliphatic rings. The zero-order chi connectivity index (χ0) is 14.0. The number of nitrogens with zero attached hydrogens (tertiary/aromatic N) is 3. The number of hydrogen-bond donors (Lipinski definition) is 1. The first-order valence-corrected chi connectivity index (χ1v) is 7.40. The fourth-order valence-electron chi connectivity index (χ4n) is 1.38. The van der Waals surface area contributed by atoms with Crippen molar-refractivity contribution in [1.82, 2.24) is 20.0 Å². The van der Waals surface area contributed by atoms with Gasteiger partial charge >= 0.3 is 0 Å². The molecule has 21 heavy (non-hydrogen) atoms. The average molecular weight is 318 g/mol. The largest absolute Gasteiger partial charge is 0.286 e. The van der Waals surface area contributed by atoms with Crippen LogP contribution in [0.1, 0.15) is 13.0 Å². The summed E-state index contributed by atoms with van der Waals surface area (Å²) in [6.07, 6.45) is 7.05. The van der Waals surface area contributed by atoms with Crippen LogP contribution in [0.4, 0.5) is 0 Å². The Morgan fingerprint density at radius 2 is 1.95 bits per heavy atom. The van der Waals surface area contributed by atoms with Gasteiger partial charge in [-0.15, -0.1) is 0 Å².